The van der Waals surface area contributed by atoms with E-state index in [1.165, 1.54) is 57.0 Å². The maximum absolute atomic E-state index is 13.6. The highest BCUT2D eigenvalue weighted by molar-refractivity contribution is 7.13. The van der Waals surface area contributed by atoms with Crippen molar-refractivity contribution in [3.8, 4) is 5.75 Å². The first kappa shape index (κ1) is 38.5. The second-order valence-electron chi connectivity index (χ2n) is 15.4. The van der Waals surface area contributed by atoms with Gasteiger partial charge in [-0.2, -0.15) is 0 Å². The molecule has 0 bridgehead atoms. The number of phenols is 1. The van der Waals surface area contributed by atoms with Gasteiger partial charge in [-0.25, -0.2) is 9.78 Å². The van der Waals surface area contributed by atoms with Gasteiger partial charge in [0.25, 0.3) is 0 Å². The van der Waals surface area contributed by atoms with E-state index in [0.29, 0.717) is 45.4 Å². The highest BCUT2D eigenvalue weighted by Crippen LogP contribution is 2.39. The molecule has 1 fully saturated rings. The normalized spacial score (nSPS) is 18.7. The van der Waals surface area contributed by atoms with Crippen LogP contribution in [0.2, 0.25) is 0 Å². The number of thiophene rings is 2. The van der Waals surface area contributed by atoms with Crippen LogP contribution >= 0.6 is 22.7 Å². The number of esters is 1. The summed E-state index contributed by atoms with van der Waals surface area (Å²) < 4.78 is 8.34. The predicted molar refractivity (Wildman–Crippen MR) is 220 cm³/mol. The lowest BCUT2D eigenvalue weighted by atomic mass is 9.91. The molecule has 0 aliphatic heterocycles. The van der Waals surface area contributed by atoms with Crippen molar-refractivity contribution in [1.82, 2.24) is 24.8 Å². The van der Waals surface area contributed by atoms with Gasteiger partial charge < -0.3 is 39.8 Å². The summed E-state index contributed by atoms with van der Waals surface area (Å²) >= 11 is 2.79. The first-order valence-electron chi connectivity index (χ1n) is 19.6. The van der Waals surface area contributed by atoms with Crippen LogP contribution in [0.5, 0.6) is 5.75 Å². The van der Waals surface area contributed by atoms with E-state index in [1.807, 2.05) is 36.8 Å². The average Bonchev–Trinajstić information content (AvgIpc) is 4.03. The first-order valence-corrected chi connectivity index (χ1v) is 21.3. The molecule has 13 heteroatoms. The molecule has 0 spiro atoms. The number of fused-ring (bicyclic) bond motifs is 4. The minimum Gasteiger partial charge on any atom is -0.506 e. The van der Waals surface area contributed by atoms with E-state index in [2.05, 4.69) is 32.9 Å². The molecule has 8 rings (SSSR count). The second kappa shape index (κ2) is 16.2. The molecule has 2 aliphatic rings. The summed E-state index contributed by atoms with van der Waals surface area (Å²) in [6.07, 6.45) is 8.49. The van der Waals surface area contributed by atoms with E-state index in [4.69, 9.17) is 9.72 Å². The molecule has 5 N–H and O–H groups in total. The number of rotatable bonds is 14. The molecule has 56 heavy (non-hydrogen) atoms. The number of benzene rings is 2. The summed E-state index contributed by atoms with van der Waals surface area (Å²) in [5.74, 6) is -0.609. The highest BCUT2D eigenvalue weighted by Gasteiger charge is 2.45. The lowest BCUT2D eigenvalue weighted by Crippen LogP contribution is -2.42. The van der Waals surface area contributed by atoms with Crippen molar-refractivity contribution in [2.45, 2.75) is 95.2 Å². The summed E-state index contributed by atoms with van der Waals surface area (Å²) in [4.78, 5) is 37.5. The Hall–Kier alpha value is -4.37. The number of nitrogens with zero attached hydrogens (tertiary/aromatic N) is 3. The Morgan fingerprint density at radius 3 is 2.70 bits per heavy atom. The van der Waals surface area contributed by atoms with Crippen LogP contribution in [0.25, 0.3) is 21.9 Å². The zero-order valence-corrected chi connectivity index (χ0v) is 33.4. The van der Waals surface area contributed by atoms with E-state index in [9.17, 15) is 24.9 Å². The summed E-state index contributed by atoms with van der Waals surface area (Å²) in [6, 6.07) is 16.2. The quantitative estimate of drug-likeness (QED) is 0.0785. The van der Waals surface area contributed by atoms with Crippen LogP contribution in [-0.2, 0) is 41.1 Å². The molecule has 2 aliphatic carbocycles. The summed E-state index contributed by atoms with van der Waals surface area (Å²) in [5, 5.41) is 39.0. The van der Waals surface area contributed by atoms with Gasteiger partial charge in [0.05, 0.1) is 38.7 Å². The second-order valence-corrected chi connectivity index (χ2v) is 17.6. The minimum absolute atomic E-state index is 0.0257. The number of phenolic OH excluding ortho intramolecular Hbond substituents is 1. The lowest BCUT2D eigenvalue weighted by molar-refractivity contribution is -0.169. The molecule has 2 aromatic carbocycles. The molecule has 1 saturated carbocycles. The van der Waals surface area contributed by atoms with Crippen LogP contribution in [0.4, 0.5) is 0 Å². The molecule has 4 aromatic heterocycles. The fourth-order valence-corrected chi connectivity index (χ4v) is 10.6. The molecule has 4 heterocycles. The number of H-pyrrole nitrogens is 1. The fourth-order valence-electron chi connectivity index (χ4n) is 8.72. The van der Waals surface area contributed by atoms with Crippen LogP contribution in [-0.4, -0.2) is 73.0 Å². The van der Waals surface area contributed by atoms with Gasteiger partial charge in [0.15, 0.2) is 0 Å². The summed E-state index contributed by atoms with van der Waals surface area (Å²) in [6.45, 7) is 4.71. The van der Waals surface area contributed by atoms with Gasteiger partial charge in [0.1, 0.15) is 11.9 Å². The number of hydrogen-bond acceptors (Lipinski definition) is 11. The Kier molecular flexibility index (Phi) is 11.2. The molecular weight excluding hydrogens is 747 g/mol. The number of pyridine rings is 1. The molecule has 11 nitrogen and oxygen atoms in total. The minimum atomic E-state index is -1.78. The maximum atomic E-state index is 13.6. The zero-order valence-electron chi connectivity index (χ0n) is 31.8. The summed E-state index contributed by atoms with van der Waals surface area (Å²) in [5.41, 5.74) is 5.08. The van der Waals surface area contributed by atoms with Gasteiger partial charge >= 0.3 is 5.97 Å². The number of ether oxygens (including phenoxy) is 1. The number of carbonyl (C=O) groups is 1. The SMILES string of the molecule is Cc1ccc([C@@](O)(C(=O)O[C@H]2CC[C@H](N(C)CCCn3cnc4cc(CNC[C@H](O)c5ccc(O)c6[nH]c(=O)ccc56)c5c(c43)CCC5)CC2)c2cccs2)s1. The van der Waals surface area contributed by atoms with Crippen molar-refractivity contribution >= 4 is 50.6 Å². The van der Waals surface area contributed by atoms with Gasteiger partial charge in [-0.3, -0.25) is 4.79 Å². The van der Waals surface area contributed by atoms with Crippen molar-refractivity contribution in [2.24, 2.45) is 0 Å². The van der Waals surface area contributed by atoms with E-state index in [-0.39, 0.29) is 17.4 Å². The van der Waals surface area contributed by atoms with E-state index in [1.54, 1.807) is 18.2 Å². The van der Waals surface area contributed by atoms with Crippen molar-refractivity contribution in [3.63, 3.8) is 0 Å². The molecule has 0 radical (unpaired) electrons. The molecule has 2 atom stereocenters. The number of carbonyl (C=O) groups excluding carboxylic acids is 1. The van der Waals surface area contributed by atoms with Crippen molar-refractivity contribution < 1.29 is 24.9 Å². The van der Waals surface area contributed by atoms with Gasteiger partial charge in [-0.15, -0.1) is 22.7 Å². The Bertz CT molecular complexity index is 2390. The highest BCUT2D eigenvalue weighted by atomic mass is 32.1. The smallest absolute Gasteiger partial charge is 0.349 e. The topological polar surface area (TPSA) is 153 Å². The third-order valence-electron chi connectivity index (χ3n) is 11.7. The Balaban J connectivity index is 0.843. The molecule has 0 amide bonds. The predicted octanol–water partition coefficient (Wildman–Crippen LogP) is 6.44. The number of hydrogen-bond donors (Lipinski definition) is 5. The van der Waals surface area contributed by atoms with Crippen LogP contribution in [0, 0.1) is 6.92 Å². The molecule has 0 unspecified atom stereocenters. The monoisotopic (exact) mass is 795 g/mol. The van der Waals surface area contributed by atoms with Gasteiger partial charge in [-0.05, 0) is 136 Å². The number of nitrogens with one attached hydrogen (secondary N) is 2. The largest absolute Gasteiger partial charge is 0.506 e. The van der Waals surface area contributed by atoms with Crippen molar-refractivity contribution in [2.75, 3.05) is 20.1 Å². The van der Waals surface area contributed by atoms with E-state index < -0.39 is 17.7 Å². The Morgan fingerprint density at radius 1 is 1.11 bits per heavy atom. The molecule has 0 saturated heterocycles. The number of aliphatic hydroxyl groups excluding tert-OH is 1. The average molecular weight is 796 g/mol. The van der Waals surface area contributed by atoms with Crippen molar-refractivity contribution in [1.29, 1.82) is 0 Å². The lowest BCUT2D eigenvalue weighted by Gasteiger charge is -2.35. The molecule has 6 aromatic rings. The number of imidazole rings is 1. The molecule has 294 valence electrons. The third-order valence-corrected chi connectivity index (χ3v) is 13.8. The number of aryl methyl sites for hydroxylation is 3. The number of aromatic amines is 1. The number of aromatic hydroxyl groups is 1. The summed E-state index contributed by atoms with van der Waals surface area (Å²) in [7, 11) is 2.19. The number of aromatic nitrogens is 3. The Morgan fingerprint density at radius 2 is 1.93 bits per heavy atom. The van der Waals surface area contributed by atoms with Crippen LogP contribution < -0.4 is 10.9 Å². The fraction of sp³-hybridized carbons (Fsp3) is 0.419. The zero-order chi connectivity index (χ0) is 39.0. The van der Waals surface area contributed by atoms with Crippen LogP contribution in [0.15, 0.2) is 71.1 Å². The van der Waals surface area contributed by atoms with Gasteiger partial charge in [0, 0.05) is 42.0 Å². The number of aliphatic hydroxyl groups is 2. The van der Waals surface area contributed by atoms with Crippen LogP contribution in [0.1, 0.15) is 81.5 Å². The maximum Gasteiger partial charge on any atom is 0.349 e. The van der Waals surface area contributed by atoms with E-state index in [0.717, 1.165) is 74.8 Å². The van der Waals surface area contributed by atoms with Gasteiger partial charge in [-0.1, -0.05) is 12.1 Å². The standard InChI is InChI=1S/C43H49N5O6S2/c1-26-9-17-38(56-26)43(53,37-8-4-21-55-37)42(52)54-29-12-10-28(11-13-29)47(2)19-5-20-48-25-45-34-22-27(30-6-3-7-33(30)41(34)48)23-44-24-36(50)31-14-16-35(49)40-32(31)15-18-39(51)46-40/h4,8-9,14-18,21-22,25,28-29,36,44,49-50,53H,3,5-7,10-13,19-20,23-24H2,1-2H3,(H,46,51)/t28-,29-,36-,43+/m0/s1. The third kappa shape index (κ3) is 7.56. The van der Waals surface area contributed by atoms with E-state index >= 15 is 0 Å². The van der Waals surface area contributed by atoms with Crippen molar-refractivity contribution in [3.05, 3.63) is 114 Å². The molecular formula is C43H49N5O6S2. The van der Waals surface area contributed by atoms with Crippen LogP contribution in [0.3, 0.4) is 0 Å². The Labute approximate surface area is 333 Å². The first-order chi connectivity index (χ1) is 27.1. The van der Waals surface area contributed by atoms with Gasteiger partial charge in [0.2, 0.25) is 11.2 Å².